The molecule has 0 saturated carbocycles. The van der Waals surface area contributed by atoms with Crippen molar-refractivity contribution in [2.24, 2.45) is 0 Å². The molecule has 0 aliphatic rings. The molecule has 0 bridgehead atoms. The van der Waals surface area contributed by atoms with Gasteiger partial charge in [-0.1, -0.05) is 17.7 Å². The molecule has 0 saturated heterocycles. The Morgan fingerprint density at radius 2 is 1.82 bits per heavy atom. The summed E-state index contributed by atoms with van der Waals surface area (Å²) in [7, 11) is 0. The number of phenolic OH excluding ortho intramolecular Hbond substituents is 1. The molecule has 0 radical (unpaired) electrons. The molecule has 1 N–H and O–H groups in total. The maximum atomic E-state index is 9.36. The number of aromatic hydroxyl groups is 1. The van der Waals surface area contributed by atoms with Crippen LogP contribution in [0.3, 0.4) is 0 Å². The summed E-state index contributed by atoms with van der Waals surface area (Å²) in [6.07, 6.45) is 0. The molecule has 2 rings (SSSR count). The van der Waals surface area contributed by atoms with Gasteiger partial charge in [0.15, 0.2) is 0 Å². The van der Waals surface area contributed by atoms with Crippen molar-refractivity contribution in [2.75, 3.05) is 0 Å². The minimum absolute atomic E-state index is 0.222. The molecule has 0 aliphatic heterocycles. The van der Waals surface area contributed by atoms with Gasteiger partial charge in [0.1, 0.15) is 18.1 Å². The van der Waals surface area contributed by atoms with Gasteiger partial charge in [-0.25, -0.2) is 0 Å². The Hall–Kier alpha value is -1.19. The highest BCUT2D eigenvalue weighted by Gasteiger charge is 2.00. The van der Waals surface area contributed by atoms with Crippen LogP contribution in [0, 0.1) is 0 Å². The number of phenols is 1. The van der Waals surface area contributed by atoms with Crippen molar-refractivity contribution in [1.82, 2.24) is 0 Å². The highest BCUT2D eigenvalue weighted by molar-refractivity contribution is 9.10. The summed E-state index contributed by atoms with van der Waals surface area (Å²) >= 11 is 9.04. The highest BCUT2D eigenvalue weighted by Crippen LogP contribution is 2.25. The highest BCUT2D eigenvalue weighted by atomic mass is 79.9. The largest absolute Gasteiger partial charge is 0.507 e. The second kappa shape index (κ2) is 5.43. The first kappa shape index (κ1) is 12.3. The summed E-state index contributed by atoms with van der Waals surface area (Å²) in [4.78, 5) is 0. The Morgan fingerprint density at radius 3 is 2.47 bits per heavy atom. The summed E-state index contributed by atoms with van der Waals surface area (Å²) in [6, 6.07) is 12.5. The topological polar surface area (TPSA) is 29.5 Å². The first-order valence-electron chi connectivity index (χ1n) is 5.01. The molecule has 0 aliphatic carbocycles. The average Bonchev–Trinajstić information content (AvgIpc) is 2.33. The lowest BCUT2D eigenvalue weighted by molar-refractivity contribution is 0.306. The van der Waals surface area contributed by atoms with Crippen LogP contribution >= 0.6 is 27.5 Å². The lowest BCUT2D eigenvalue weighted by atomic mass is 10.2. The number of benzene rings is 2. The second-order valence-corrected chi connectivity index (χ2v) is 4.82. The van der Waals surface area contributed by atoms with Crippen molar-refractivity contribution in [3.05, 3.63) is 57.5 Å². The zero-order valence-electron chi connectivity index (χ0n) is 8.86. The molecular formula is C13H10BrClO2. The monoisotopic (exact) mass is 312 g/mol. The molecule has 0 fully saturated rings. The third kappa shape index (κ3) is 3.38. The van der Waals surface area contributed by atoms with E-state index in [0.29, 0.717) is 16.1 Å². The third-order valence-corrected chi connectivity index (χ3v) is 3.12. The Balaban J connectivity index is 2.02. The van der Waals surface area contributed by atoms with Crippen LogP contribution in [0.2, 0.25) is 5.02 Å². The summed E-state index contributed by atoms with van der Waals surface area (Å²) < 4.78 is 6.24. The van der Waals surface area contributed by atoms with E-state index < -0.39 is 0 Å². The van der Waals surface area contributed by atoms with Crippen molar-refractivity contribution in [3.8, 4) is 11.5 Å². The maximum absolute atomic E-state index is 9.36. The normalized spacial score (nSPS) is 10.2. The van der Waals surface area contributed by atoms with Gasteiger partial charge in [-0.15, -0.1) is 0 Å². The molecule has 2 aromatic carbocycles. The summed E-state index contributed by atoms with van der Waals surface area (Å²) in [6.45, 7) is 0.445. The van der Waals surface area contributed by atoms with E-state index >= 15 is 0 Å². The summed E-state index contributed by atoms with van der Waals surface area (Å²) in [5.41, 5.74) is 0.977. The minimum Gasteiger partial charge on any atom is -0.507 e. The van der Waals surface area contributed by atoms with Crippen LogP contribution in [-0.2, 0) is 6.61 Å². The van der Waals surface area contributed by atoms with E-state index in [-0.39, 0.29) is 5.75 Å². The fraction of sp³-hybridized carbons (Fsp3) is 0.0769. The molecular weight excluding hydrogens is 303 g/mol. The van der Waals surface area contributed by atoms with Gasteiger partial charge in [-0.05, 0) is 57.9 Å². The van der Waals surface area contributed by atoms with Gasteiger partial charge in [-0.3, -0.25) is 0 Å². The average molecular weight is 314 g/mol. The molecule has 0 atom stereocenters. The number of rotatable bonds is 3. The fourth-order valence-corrected chi connectivity index (χ4v) is 1.89. The molecule has 4 heteroatoms. The summed E-state index contributed by atoms with van der Waals surface area (Å²) in [5, 5.41) is 10.0. The lowest BCUT2D eigenvalue weighted by Gasteiger charge is -2.07. The van der Waals surface area contributed by atoms with Crippen LogP contribution in [0.15, 0.2) is 46.9 Å². The van der Waals surface area contributed by atoms with E-state index in [9.17, 15) is 5.11 Å². The van der Waals surface area contributed by atoms with Crippen molar-refractivity contribution in [1.29, 1.82) is 0 Å². The van der Waals surface area contributed by atoms with Crippen LogP contribution in [-0.4, -0.2) is 5.11 Å². The number of ether oxygens (including phenoxy) is 1. The smallest absolute Gasteiger partial charge is 0.129 e. The number of hydrogen-bond acceptors (Lipinski definition) is 2. The van der Waals surface area contributed by atoms with Gasteiger partial charge >= 0.3 is 0 Å². The van der Waals surface area contributed by atoms with Crippen LogP contribution < -0.4 is 4.74 Å². The van der Waals surface area contributed by atoms with Crippen LogP contribution in [0.5, 0.6) is 11.5 Å². The molecule has 0 unspecified atom stereocenters. The first-order chi connectivity index (χ1) is 8.15. The van der Waals surface area contributed by atoms with Crippen LogP contribution in [0.25, 0.3) is 0 Å². The molecule has 2 aromatic rings. The predicted molar refractivity (Wildman–Crippen MR) is 71.6 cm³/mol. The van der Waals surface area contributed by atoms with E-state index in [1.165, 1.54) is 0 Å². The predicted octanol–water partition coefficient (Wildman–Crippen LogP) is 4.39. The molecule has 0 amide bonds. The van der Waals surface area contributed by atoms with Crippen molar-refractivity contribution in [2.45, 2.75) is 6.61 Å². The Morgan fingerprint density at radius 1 is 1.12 bits per heavy atom. The molecule has 17 heavy (non-hydrogen) atoms. The third-order valence-electron chi connectivity index (χ3n) is 2.23. The molecule has 0 aromatic heterocycles. The maximum Gasteiger partial charge on any atom is 0.129 e. The van der Waals surface area contributed by atoms with Gasteiger partial charge < -0.3 is 9.84 Å². The molecule has 2 nitrogen and oxygen atoms in total. The standard InChI is InChI=1S/C13H10BrClO2/c14-12-7-9(1-6-13(12)16)8-17-11-4-2-10(15)3-5-11/h1-7,16H,8H2. The van der Waals surface area contributed by atoms with Gasteiger partial charge in [-0.2, -0.15) is 0 Å². The first-order valence-corrected chi connectivity index (χ1v) is 6.18. The molecule has 0 spiro atoms. The zero-order valence-corrected chi connectivity index (χ0v) is 11.2. The van der Waals surface area contributed by atoms with Crippen molar-refractivity contribution < 1.29 is 9.84 Å². The van der Waals surface area contributed by atoms with E-state index in [4.69, 9.17) is 16.3 Å². The van der Waals surface area contributed by atoms with Gasteiger partial charge in [0.2, 0.25) is 0 Å². The van der Waals surface area contributed by atoms with E-state index in [2.05, 4.69) is 15.9 Å². The van der Waals surface area contributed by atoms with Gasteiger partial charge in [0, 0.05) is 5.02 Å². The van der Waals surface area contributed by atoms with Crippen LogP contribution in [0.1, 0.15) is 5.56 Å². The minimum atomic E-state index is 0.222. The second-order valence-electron chi connectivity index (χ2n) is 3.53. The lowest BCUT2D eigenvalue weighted by Crippen LogP contribution is -1.95. The van der Waals surface area contributed by atoms with E-state index in [1.807, 2.05) is 24.3 Å². The van der Waals surface area contributed by atoms with E-state index in [1.54, 1.807) is 18.2 Å². The molecule has 0 heterocycles. The Kier molecular flexibility index (Phi) is 3.92. The van der Waals surface area contributed by atoms with Crippen LogP contribution in [0.4, 0.5) is 0 Å². The SMILES string of the molecule is Oc1ccc(COc2ccc(Cl)cc2)cc1Br. The molecule has 88 valence electrons. The fourth-order valence-electron chi connectivity index (χ4n) is 1.34. The van der Waals surface area contributed by atoms with Crippen molar-refractivity contribution >= 4 is 27.5 Å². The van der Waals surface area contributed by atoms with Gasteiger partial charge in [0.05, 0.1) is 4.47 Å². The zero-order chi connectivity index (χ0) is 12.3. The van der Waals surface area contributed by atoms with Gasteiger partial charge in [0.25, 0.3) is 0 Å². The number of halogens is 2. The van der Waals surface area contributed by atoms with E-state index in [0.717, 1.165) is 11.3 Å². The Bertz CT molecular complexity index is 511. The Labute approximate surface area is 113 Å². The summed E-state index contributed by atoms with van der Waals surface area (Å²) in [5.74, 6) is 0.985. The van der Waals surface area contributed by atoms with Crippen molar-refractivity contribution in [3.63, 3.8) is 0 Å². The quantitative estimate of drug-likeness (QED) is 0.911. The number of hydrogen-bond donors (Lipinski definition) is 1.